The van der Waals surface area contributed by atoms with Crippen LogP contribution >= 0.6 is 22.9 Å². The maximum absolute atomic E-state index is 12.6. The van der Waals surface area contributed by atoms with E-state index < -0.39 is 0 Å². The second-order valence-electron chi connectivity index (χ2n) is 6.28. The first kappa shape index (κ1) is 17.3. The Morgan fingerprint density at radius 1 is 1.42 bits per heavy atom. The Labute approximate surface area is 160 Å². The topological polar surface area (TPSA) is 59.0 Å². The van der Waals surface area contributed by atoms with E-state index in [1.165, 1.54) is 16.9 Å². The van der Waals surface area contributed by atoms with Crippen molar-refractivity contribution in [1.29, 1.82) is 0 Å². The molecule has 0 unspecified atom stereocenters. The minimum Gasteiger partial charge on any atom is -0.348 e. The van der Waals surface area contributed by atoms with Gasteiger partial charge >= 0.3 is 0 Å². The van der Waals surface area contributed by atoms with Gasteiger partial charge in [-0.1, -0.05) is 35.4 Å². The van der Waals surface area contributed by atoms with Crippen molar-refractivity contribution in [3.63, 3.8) is 0 Å². The van der Waals surface area contributed by atoms with Crippen molar-refractivity contribution in [2.24, 2.45) is 0 Å². The quantitative estimate of drug-likeness (QED) is 0.672. The summed E-state index contributed by atoms with van der Waals surface area (Å²) in [6, 6.07) is 9.51. The largest absolute Gasteiger partial charge is 0.348 e. The smallest absolute Gasteiger partial charge is 0.261 e. The van der Waals surface area contributed by atoms with Crippen LogP contribution in [-0.2, 0) is 0 Å². The predicted molar refractivity (Wildman–Crippen MR) is 107 cm³/mol. The second-order valence-corrected chi connectivity index (χ2v) is 7.72. The Morgan fingerprint density at radius 3 is 3.04 bits per heavy atom. The van der Waals surface area contributed by atoms with Crippen LogP contribution in [0, 0.1) is 6.92 Å². The number of hydrogen-bond donors (Lipinski definition) is 2. The average Bonchev–Trinajstić information content (AvgIpc) is 3.22. The number of carbonyl (C=O) groups excluding carboxylic acids is 1. The van der Waals surface area contributed by atoms with E-state index in [4.69, 9.17) is 11.6 Å². The summed E-state index contributed by atoms with van der Waals surface area (Å²) in [5, 5.41) is 12.5. The van der Waals surface area contributed by atoms with Crippen LogP contribution in [-0.4, -0.2) is 35.3 Å². The van der Waals surface area contributed by atoms with Gasteiger partial charge in [0.25, 0.3) is 5.91 Å². The molecule has 1 aliphatic rings. The Morgan fingerprint density at radius 2 is 2.27 bits per heavy atom. The van der Waals surface area contributed by atoms with Gasteiger partial charge in [-0.3, -0.25) is 4.79 Å². The zero-order chi connectivity index (χ0) is 18.1. The molecule has 0 bridgehead atoms. The lowest BCUT2D eigenvalue weighted by Crippen LogP contribution is -2.29. The number of benzene rings is 1. The molecule has 1 amide bonds. The number of nitrogens with one attached hydrogen (secondary N) is 2. The number of amides is 1. The first-order chi connectivity index (χ1) is 12.6. The SMILES string of the molecule is Cc1nn(-c2ccccc2Cl)c2sc(C(=O)NCC3=CCNCC3)cc12. The van der Waals surface area contributed by atoms with Crippen LogP contribution in [0.1, 0.15) is 21.8 Å². The average molecular weight is 387 g/mol. The summed E-state index contributed by atoms with van der Waals surface area (Å²) in [5.74, 6) is -0.0456. The van der Waals surface area contributed by atoms with Crippen LogP contribution < -0.4 is 10.6 Å². The van der Waals surface area contributed by atoms with Gasteiger partial charge in [0.15, 0.2) is 0 Å². The molecule has 134 valence electrons. The molecule has 0 spiro atoms. The van der Waals surface area contributed by atoms with Crippen LogP contribution in [0.3, 0.4) is 0 Å². The number of aromatic nitrogens is 2. The number of thiophene rings is 1. The lowest BCUT2D eigenvalue weighted by atomic mass is 10.1. The van der Waals surface area contributed by atoms with Crippen molar-refractivity contribution in [1.82, 2.24) is 20.4 Å². The highest BCUT2D eigenvalue weighted by Gasteiger charge is 2.18. The standard InChI is InChI=1S/C19H19ClN4OS/c1-12-14-10-17(18(25)22-11-13-6-8-21-9-7-13)26-19(14)24(23-12)16-5-3-2-4-15(16)20/h2-6,10,21H,7-9,11H2,1H3,(H,22,25). The number of para-hydroxylation sites is 1. The van der Waals surface area contributed by atoms with Crippen LogP contribution in [0.15, 0.2) is 42.0 Å². The maximum Gasteiger partial charge on any atom is 0.261 e. The maximum atomic E-state index is 12.6. The molecule has 1 aliphatic heterocycles. The van der Waals surface area contributed by atoms with Crippen molar-refractivity contribution < 1.29 is 4.79 Å². The van der Waals surface area contributed by atoms with Crippen molar-refractivity contribution in [3.05, 3.63) is 57.6 Å². The summed E-state index contributed by atoms with van der Waals surface area (Å²) >= 11 is 7.77. The van der Waals surface area contributed by atoms with Gasteiger partial charge in [-0.15, -0.1) is 11.3 Å². The number of hydrogen-bond acceptors (Lipinski definition) is 4. The summed E-state index contributed by atoms with van der Waals surface area (Å²) < 4.78 is 1.82. The minimum absolute atomic E-state index is 0.0456. The van der Waals surface area contributed by atoms with Gasteiger partial charge in [-0.25, -0.2) is 4.68 Å². The monoisotopic (exact) mass is 386 g/mol. The van der Waals surface area contributed by atoms with Gasteiger partial charge in [0.2, 0.25) is 0 Å². The highest BCUT2D eigenvalue weighted by Crippen LogP contribution is 2.32. The van der Waals surface area contributed by atoms with Crippen LogP contribution in [0.5, 0.6) is 0 Å². The van der Waals surface area contributed by atoms with E-state index in [0.29, 0.717) is 16.4 Å². The van der Waals surface area contributed by atoms with Crippen LogP contribution in [0.4, 0.5) is 0 Å². The van der Waals surface area contributed by atoms with E-state index in [1.807, 2.05) is 41.9 Å². The van der Waals surface area contributed by atoms with Gasteiger partial charge in [-0.05, 0) is 38.1 Å². The fourth-order valence-corrected chi connectivity index (χ4v) is 4.36. The van der Waals surface area contributed by atoms with Crippen LogP contribution in [0.2, 0.25) is 5.02 Å². The van der Waals surface area contributed by atoms with Crippen molar-refractivity contribution in [2.75, 3.05) is 19.6 Å². The molecule has 0 aliphatic carbocycles. The van der Waals surface area contributed by atoms with Crippen molar-refractivity contribution >= 4 is 39.1 Å². The molecule has 5 nitrogen and oxygen atoms in total. The van der Waals surface area contributed by atoms with Gasteiger partial charge in [0.05, 0.1) is 21.3 Å². The third kappa shape index (κ3) is 3.28. The molecule has 0 saturated carbocycles. The van der Waals surface area contributed by atoms with E-state index in [9.17, 15) is 4.79 Å². The van der Waals surface area contributed by atoms with Gasteiger partial charge in [0.1, 0.15) is 4.83 Å². The van der Waals surface area contributed by atoms with E-state index >= 15 is 0 Å². The zero-order valence-electron chi connectivity index (χ0n) is 14.4. The molecule has 0 atom stereocenters. The molecule has 2 N–H and O–H groups in total. The van der Waals surface area contributed by atoms with Gasteiger partial charge < -0.3 is 10.6 Å². The summed E-state index contributed by atoms with van der Waals surface area (Å²) in [7, 11) is 0. The van der Waals surface area contributed by atoms with Gasteiger partial charge in [-0.2, -0.15) is 5.10 Å². The summed E-state index contributed by atoms with van der Waals surface area (Å²) in [5.41, 5.74) is 2.98. The molecule has 26 heavy (non-hydrogen) atoms. The lowest BCUT2D eigenvalue weighted by Gasteiger charge is -2.14. The molecule has 1 aromatic carbocycles. The molecular weight excluding hydrogens is 368 g/mol. The molecule has 0 saturated heterocycles. The fourth-order valence-electron chi connectivity index (χ4n) is 3.06. The highest BCUT2D eigenvalue weighted by atomic mass is 35.5. The third-order valence-electron chi connectivity index (χ3n) is 4.48. The van der Waals surface area contributed by atoms with Crippen LogP contribution in [0.25, 0.3) is 15.9 Å². The zero-order valence-corrected chi connectivity index (χ0v) is 16.0. The predicted octanol–water partition coefficient (Wildman–Crippen LogP) is 3.70. The number of aryl methyl sites for hydroxylation is 1. The van der Waals surface area contributed by atoms with E-state index in [2.05, 4.69) is 21.8 Å². The summed E-state index contributed by atoms with van der Waals surface area (Å²) in [6.07, 6.45) is 3.13. The Balaban J connectivity index is 1.61. The normalized spacial score (nSPS) is 14.5. The summed E-state index contributed by atoms with van der Waals surface area (Å²) in [4.78, 5) is 14.2. The van der Waals surface area contributed by atoms with E-state index in [1.54, 1.807) is 0 Å². The summed E-state index contributed by atoms with van der Waals surface area (Å²) in [6.45, 7) is 4.40. The lowest BCUT2D eigenvalue weighted by molar-refractivity contribution is 0.0960. The van der Waals surface area contributed by atoms with E-state index in [-0.39, 0.29) is 5.91 Å². The first-order valence-corrected chi connectivity index (χ1v) is 9.74. The number of fused-ring (bicyclic) bond motifs is 1. The fraction of sp³-hybridized carbons (Fsp3) is 0.263. The molecule has 2 aromatic heterocycles. The molecule has 0 fully saturated rings. The molecule has 0 radical (unpaired) electrons. The minimum atomic E-state index is -0.0456. The van der Waals surface area contributed by atoms with E-state index in [0.717, 1.165) is 41.1 Å². The third-order valence-corrected chi connectivity index (χ3v) is 5.91. The Bertz CT molecular complexity index is 1000. The van der Waals surface area contributed by atoms with Crippen molar-refractivity contribution in [2.45, 2.75) is 13.3 Å². The Hall–Kier alpha value is -2.15. The molecule has 7 heteroatoms. The number of carbonyl (C=O) groups is 1. The molecular formula is C19H19ClN4OS. The number of halogens is 1. The molecule has 3 heterocycles. The van der Waals surface area contributed by atoms with Crippen molar-refractivity contribution in [3.8, 4) is 5.69 Å². The van der Waals surface area contributed by atoms with Gasteiger partial charge in [0, 0.05) is 18.5 Å². The second kappa shape index (κ2) is 7.23. The Kier molecular flexibility index (Phi) is 4.80. The first-order valence-electron chi connectivity index (χ1n) is 8.54. The molecule has 3 aromatic rings. The molecule has 4 rings (SSSR count). The number of rotatable bonds is 4. The number of nitrogens with zero attached hydrogens (tertiary/aromatic N) is 2. The highest BCUT2D eigenvalue weighted by molar-refractivity contribution is 7.20.